The smallest absolute Gasteiger partial charge is 0.303 e. The Hall–Kier alpha value is -0.850. The van der Waals surface area contributed by atoms with E-state index in [1.807, 2.05) is 0 Å². The number of halogens is 1. The monoisotopic (exact) mass is 280 g/mol. The highest BCUT2D eigenvalue weighted by Gasteiger charge is 2.47. The maximum absolute atomic E-state index is 11.1. The Balaban J connectivity index is 2.89. The fourth-order valence-electron chi connectivity index (χ4n) is 1.83. The number of methoxy groups -OCH3 is 1. The van der Waals surface area contributed by atoms with Crippen LogP contribution in [-0.4, -0.2) is 49.0 Å². The number of hydrogen-bond acceptors (Lipinski definition) is 6. The highest BCUT2D eigenvalue weighted by atomic mass is 35.5. The van der Waals surface area contributed by atoms with E-state index in [0.29, 0.717) is 0 Å². The first-order valence-corrected chi connectivity index (χ1v) is 5.97. The van der Waals surface area contributed by atoms with Crippen LogP contribution in [-0.2, 0) is 28.5 Å². The van der Waals surface area contributed by atoms with Crippen LogP contribution >= 0.6 is 11.6 Å². The van der Waals surface area contributed by atoms with Gasteiger partial charge in [0.1, 0.15) is 5.38 Å². The molecular formula is C11H17ClO6. The summed E-state index contributed by atoms with van der Waals surface area (Å²) in [7, 11) is 1.43. The topological polar surface area (TPSA) is 71.1 Å². The first kappa shape index (κ1) is 15.2. The molecule has 0 aromatic rings. The van der Waals surface area contributed by atoms with Gasteiger partial charge in [0.05, 0.1) is 6.10 Å². The lowest BCUT2D eigenvalue weighted by Gasteiger charge is -2.41. The van der Waals surface area contributed by atoms with Crippen LogP contribution in [0.5, 0.6) is 0 Å². The largest absolute Gasteiger partial charge is 0.457 e. The summed E-state index contributed by atoms with van der Waals surface area (Å²) in [5, 5.41) is -0.751. The summed E-state index contributed by atoms with van der Waals surface area (Å²) < 4.78 is 20.7. The van der Waals surface area contributed by atoms with Crippen LogP contribution in [0.15, 0.2) is 0 Å². The van der Waals surface area contributed by atoms with Crippen molar-refractivity contribution in [2.24, 2.45) is 0 Å². The van der Waals surface area contributed by atoms with Gasteiger partial charge in [0.15, 0.2) is 18.5 Å². The minimum absolute atomic E-state index is 0.488. The molecule has 1 aliphatic heterocycles. The Morgan fingerprint density at radius 3 is 2.06 bits per heavy atom. The zero-order valence-corrected chi connectivity index (χ0v) is 11.5. The molecule has 1 heterocycles. The third-order valence-corrected chi connectivity index (χ3v) is 3.00. The van der Waals surface area contributed by atoms with Crippen molar-refractivity contribution in [1.82, 2.24) is 0 Å². The molecule has 5 atom stereocenters. The molecule has 7 heteroatoms. The Labute approximate surface area is 110 Å². The van der Waals surface area contributed by atoms with E-state index in [1.54, 1.807) is 6.92 Å². The number of rotatable bonds is 3. The fourth-order valence-corrected chi connectivity index (χ4v) is 2.19. The van der Waals surface area contributed by atoms with Gasteiger partial charge in [-0.1, -0.05) is 0 Å². The lowest BCUT2D eigenvalue weighted by atomic mass is 10.0. The van der Waals surface area contributed by atoms with E-state index in [4.69, 9.17) is 30.5 Å². The van der Waals surface area contributed by atoms with Gasteiger partial charge >= 0.3 is 11.9 Å². The summed E-state index contributed by atoms with van der Waals surface area (Å²) in [5.74, 6) is -1.00. The van der Waals surface area contributed by atoms with Gasteiger partial charge in [-0.3, -0.25) is 9.59 Å². The number of alkyl halides is 1. The third kappa shape index (κ3) is 3.57. The van der Waals surface area contributed by atoms with E-state index in [2.05, 4.69) is 0 Å². The fraction of sp³-hybridized carbons (Fsp3) is 0.818. The molecule has 1 fully saturated rings. The van der Waals surface area contributed by atoms with Crippen molar-refractivity contribution in [3.63, 3.8) is 0 Å². The van der Waals surface area contributed by atoms with E-state index < -0.39 is 41.9 Å². The molecular weight excluding hydrogens is 264 g/mol. The molecule has 0 saturated carbocycles. The van der Waals surface area contributed by atoms with Gasteiger partial charge in [0, 0.05) is 21.0 Å². The zero-order valence-electron chi connectivity index (χ0n) is 10.7. The molecule has 104 valence electrons. The first-order chi connectivity index (χ1) is 8.36. The molecule has 0 amide bonds. The van der Waals surface area contributed by atoms with Crippen molar-refractivity contribution in [3.05, 3.63) is 0 Å². The Morgan fingerprint density at radius 2 is 1.61 bits per heavy atom. The number of esters is 2. The summed E-state index contributed by atoms with van der Waals surface area (Å²) in [6.45, 7) is 4.22. The molecule has 0 bridgehead atoms. The van der Waals surface area contributed by atoms with Gasteiger partial charge in [-0.2, -0.15) is 0 Å². The van der Waals surface area contributed by atoms with Gasteiger partial charge in [-0.15, -0.1) is 11.6 Å². The molecule has 0 radical (unpaired) electrons. The molecule has 0 spiro atoms. The lowest BCUT2D eigenvalue weighted by molar-refractivity contribution is -0.246. The van der Waals surface area contributed by atoms with Crippen LogP contribution in [0.3, 0.4) is 0 Å². The number of carbonyl (C=O) groups excluding carboxylic acids is 2. The van der Waals surface area contributed by atoms with Gasteiger partial charge in [-0.05, 0) is 6.92 Å². The van der Waals surface area contributed by atoms with Crippen molar-refractivity contribution in [2.75, 3.05) is 7.11 Å². The van der Waals surface area contributed by atoms with Gasteiger partial charge < -0.3 is 18.9 Å². The summed E-state index contributed by atoms with van der Waals surface area (Å²) in [6.07, 6.45) is -2.77. The lowest BCUT2D eigenvalue weighted by Crippen LogP contribution is -2.57. The number of ether oxygens (including phenoxy) is 4. The SMILES string of the molecule is CO[C@H]1O[C@@H](C)[C@H](OC(C)=O)[C@@H](OC(C)=O)[C@@H]1Cl. The van der Waals surface area contributed by atoms with Crippen molar-refractivity contribution in [1.29, 1.82) is 0 Å². The van der Waals surface area contributed by atoms with Crippen LogP contribution < -0.4 is 0 Å². The van der Waals surface area contributed by atoms with Crippen molar-refractivity contribution >= 4 is 23.5 Å². The minimum Gasteiger partial charge on any atom is -0.457 e. The van der Waals surface area contributed by atoms with Crippen LogP contribution in [0.1, 0.15) is 20.8 Å². The first-order valence-electron chi connectivity index (χ1n) is 5.53. The number of carbonyl (C=O) groups is 2. The molecule has 1 rings (SSSR count). The summed E-state index contributed by atoms with van der Waals surface area (Å²) in [4.78, 5) is 22.1. The number of hydrogen-bond donors (Lipinski definition) is 0. The van der Waals surface area contributed by atoms with Crippen molar-refractivity contribution in [3.8, 4) is 0 Å². The van der Waals surface area contributed by atoms with Gasteiger partial charge in [0.2, 0.25) is 0 Å². The van der Waals surface area contributed by atoms with Gasteiger partial charge in [-0.25, -0.2) is 0 Å². The molecule has 0 unspecified atom stereocenters. The quantitative estimate of drug-likeness (QED) is 0.564. The molecule has 0 N–H and O–H groups in total. The molecule has 0 aromatic heterocycles. The van der Waals surface area contributed by atoms with E-state index in [1.165, 1.54) is 21.0 Å². The molecule has 1 aliphatic rings. The minimum atomic E-state index is -0.804. The van der Waals surface area contributed by atoms with Crippen LogP contribution in [0.25, 0.3) is 0 Å². The highest BCUT2D eigenvalue weighted by molar-refractivity contribution is 6.21. The molecule has 1 saturated heterocycles. The zero-order chi connectivity index (χ0) is 13.9. The maximum atomic E-state index is 11.1. The second-order valence-electron chi connectivity index (χ2n) is 4.04. The van der Waals surface area contributed by atoms with Gasteiger partial charge in [0.25, 0.3) is 0 Å². The maximum Gasteiger partial charge on any atom is 0.303 e. The van der Waals surface area contributed by atoms with Crippen LogP contribution in [0.4, 0.5) is 0 Å². The standard InChI is InChI=1S/C11H17ClO6/c1-5-9(17-6(2)13)10(18-7(3)14)8(12)11(15-4)16-5/h5,8-11H,1-4H3/t5-,8-,9-,10-,11-/m0/s1. The molecule has 0 aromatic carbocycles. The molecule has 0 aliphatic carbocycles. The van der Waals surface area contributed by atoms with E-state index in [9.17, 15) is 9.59 Å². The molecule has 18 heavy (non-hydrogen) atoms. The normalized spacial score (nSPS) is 35.9. The van der Waals surface area contributed by atoms with Crippen LogP contribution in [0.2, 0.25) is 0 Å². The Kier molecular flexibility index (Phi) is 5.37. The second-order valence-corrected chi connectivity index (χ2v) is 4.54. The molecule has 6 nitrogen and oxygen atoms in total. The average molecular weight is 281 g/mol. The predicted octanol–water partition coefficient (Wildman–Crippen LogP) is 0.848. The van der Waals surface area contributed by atoms with E-state index in [-0.39, 0.29) is 0 Å². The third-order valence-electron chi connectivity index (χ3n) is 2.55. The van der Waals surface area contributed by atoms with E-state index >= 15 is 0 Å². The highest BCUT2D eigenvalue weighted by Crippen LogP contribution is 2.29. The van der Waals surface area contributed by atoms with E-state index in [0.717, 1.165) is 0 Å². The summed E-state index contributed by atoms with van der Waals surface area (Å²) >= 11 is 6.12. The van der Waals surface area contributed by atoms with Crippen molar-refractivity contribution in [2.45, 2.75) is 50.8 Å². The average Bonchev–Trinajstić information content (AvgIpc) is 2.27. The Morgan fingerprint density at radius 1 is 1.11 bits per heavy atom. The summed E-state index contributed by atoms with van der Waals surface area (Å²) in [5.41, 5.74) is 0. The predicted molar refractivity (Wildman–Crippen MR) is 62.1 cm³/mol. The van der Waals surface area contributed by atoms with Crippen LogP contribution in [0, 0.1) is 0 Å². The second kappa shape index (κ2) is 6.36. The summed E-state index contributed by atoms with van der Waals surface area (Å²) in [6, 6.07) is 0. The Bertz CT molecular complexity index is 321. The van der Waals surface area contributed by atoms with Crippen molar-refractivity contribution < 1.29 is 28.5 Å².